The fourth-order valence-corrected chi connectivity index (χ4v) is 2.29. The SMILES string of the molecule is CCc1ccccc1NC(=O)/C=C/c1cccs1. The van der Waals surface area contributed by atoms with Crippen LogP contribution in [0.4, 0.5) is 5.69 Å². The van der Waals surface area contributed by atoms with Crippen LogP contribution in [0.25, 0.3) is 6.08 Å². The highest BCUT2D eigenvalue weighted by molar-refractivity contribution is 7.10. The zero-order valence-corrected chi connectivity index (χ0v) is 11.0. The predicted octanol–water partition coefficient (Wildman–Crippen LogP) is 3.96. The third kappa shape index (κ3) is 3.31. The van der Waals surface area contributed by atoms with E-state index >= 15 is 0 Å². The van der Waals surface area contributed by atoms with E-state index in [1.807, 2.05) is 47.9 Å². The van der Waals surface area contributed by atoms with Gasteiger partial charge in [-0.05, 0) is 35.6 Å². The number of amides is 1. The Kier molecular flexibility index (Phi) is 4.31. The Bertz CT molecular complexity index is 543. The minimum absolute atomic E-state index is 0.0932. The van der Waals surface area contributed by atoms with Crippen molar-refractivity contribution >= 4 is 29.0 Å². The third-order valence-electron chi connectivity index (χ3n) is 2.60. The standard InChI is InChI=1S/C15H15NOS/c1-2-12-6-3-4-8-14(12)16-15(17)10-9-13-7-5-11-18-13/h3-11H,2H2,1H3,(H,16,17)/b10-9+. The van der Waals surface area contributed by atoms with Crippen molar-refractivity contribution in [2.24, 2.45) is 0 Å². The molecular weight excluding hydrogens is 242 g/mol. The maximum atomic E-state index is 11.8. The van der Waals surface area contributed by atoms with Crippen molar-refractivity contribution in [2.45, 2.75) is 13.3 Å². The lowest BCUT2D eigenvalue weighted by Crippen LogP contribution is -2.09. The van der Waals surface area contributed by atoms with Crippen molar-refractivity contribution in [3.63, 3.8) is 0 Å². The lowest BCUT2D eigenvalue weighted by Gasteiger charge is -2.07. The van der Waals surface area contributed by atoms with Crippen molar-refractivity contribution in [2.75, 3.05) is 5.32 Å². The summed E-state index contributed by atoms with van der Waals surface area (Å²) in [5.41, 5.74) is 2.04. The van der Waals surface area contributed by atoms with Crippen LogP contribution in [-0.2, 0) is 11.2 Å². The summed E-state index contributed by atoms with van der Waals surface area (Å²) in [5.74, 6) is -0.0932. The van der Waals surface area contributed by atoms with Gasteiger partial charge in [0, 0.05) is 16.6 Å². The Hall–Kier alpha value is -1.87. The highest BCUT2D eigenvalue weighted by Gasteiger charge is 2.02. The summed E-state index contributed by atoms with van der Waals surface area (Å²) < 4.78 is 0. The van der Waals surface area contributed by atoms with Gasteiger partial charge in [0.25, 0.3) is 0 Å². The van der Waals surface area contributed by atoms with Crippen LogP contribution in [0.1, 0.15) is 17.4 Å². The number of hydrogen-bond donors (Lipinski definition) is 1. The van der Waals surface area contributed by atoms with Crippen molar-refractivity contribution in [3.05, 3.63) is 58.3 Å². The normalized spacial score (nSPS) is 10.7. The summed E-state index contributed by atoms with van der Waals surface area (Å²) in [4.78, 5) is 12.9. The van der Waals surface area contributed by atoms with Gasteiger partial charge >= 0.3 is 0 Å². The number of benzene rings is 1. The molecule has 0 bridgehead atoms. The quantitative estimate of drug-likeness (QED) is 0.825. The molecule has 0 aliphatic rings. The first kappa shape index (κ1) is 12.6. The molecule has 0 saturated heterocycles. The summed E-state index contributed by atoms with van der Waals surface area (Å²) >= 11 is 1.61. The van der Waals surface area contributed by atoms with Gasteiger partial charge in [-0.25, -0.2) is 0 Å². The zero-order chi connectivity index (χ0) is 12.8. The number of aryl methyl sites for hydroxylation is 1. The fourth-order valence-electron chi connectivity index (χ4n) is 1.67. The molecule has 0 aliphatic heterocycles. The van der Waals surface area contributed by atoms with Crippen LogP contribution < -0.4 is 5.32 Å². The topological polar surface area (TPSA) is 29.1 Å². The number of carbonyl (C=O) groups is 1. The molecular formula is C15H15NOS. The van der Waals surface area contributed by atoms with E-state index in [2.05, 4.69) is 12.2 Å². The molecule has 1 N–H and O–H groups in total. The second-order valence-electron chi connectivity index (χ2n) is 3.85. The molecule has 2 rings (SSSR count). The van der Waals surface area contributed by atoms with Crippen molar-refractivity contribution in [1.29, 1.82) is 0 Å². The molecule has 1 amide bonds. The summed E-state index contributed by atoms with van der Waals surface area (Å²) in [6, 6.07) is 11.8. The van der Waals surface area contributed by atoms with E-state index < -0.39 is 0 Å². The molecule has 1 aromatic carbocycles. The average molecular weight is 257 g/mol. The Morgan fingerprint density at radius 3 is 2.83 bits per heavy atom. The molecule has 1 heterocycles. The summed E-state index contributed by atoms with van der Waals surface area (Å²) in [5, 5.41) is 4.89. The maximum Gasteiger partial charge on any atom is 0.248 e. The number of thiophene rings is 1. The Balaban J connectivity index is 2.03. The Morgan fingerprint density at radius 2 is 2.11 bits per heavy atom. The van der Waals surface area contributed by atoms with E-state index in [-0.39, 0.29) is 5.91 Å². The van der Waals surface area contributed by atoms with Crippen LogP contribution in [-0.4, -0.2) is 5.91 Å². The average Bonchev–Trinajstić information content (AvgIpc) is 2.90. The molecule has 0 fully saturated rings. The number of para-hydroxylation sites is 1. The number of hydrogen-bond acceptors (Lipinski definition) is 2. The monoisotopic (exact) mass is 257 g/mol. The van der Waals surface area contributed by atoms with Crippen LogP contribution in [0.5, 0.6) is 0 Å². The van der Waals surface area contributed by atoms with Gasteiger partial charge in [0.1, 0.15) is 0 Å². The molecule has 0 spiro atoms. The molecule has 1 aromatic heterocycles. The van der Waals surface area contributed by atoms with Crippen molar-refractivity contribution in [1.82, 2.24) is 0 Å². The number of rotatable bonds is 4. The molecule has 0 saturated carbocycles. The Labute approximate surface area is 111 Å². The van der Waals surface area contributed by atoms with E-state index in [4.69, 9.17) is 0 Å². The number of carbonyl (C=O) groups excluding carboxylic acids is 1. The first-order valence-electron chi connectivity index (χ1n) is 5.90. The molecule has 2 aromatic rings. The second-order valence-corrected chi connectivity index (χ2v) is 4.83. The molecule has 92 valence electrons. The zero-order valence-electron chi connectivity index (χ0n) is 10.2. The van der Waals surface area contributed by atoms with E-state index in [0.717, 1.165) is 22.5 Å². The molecule has 0 atom stereocenters. The van der Waals surface area contributed by atoms with Crippen LogP contribution in [0.3, 0.4) is 0 Å². The van der Waals surface area contributed by atoms with E-state index in [1.54, 1.807) is 17.4 Å². The fraction of sp³-hybridized carbons (Fsp3) is 0.133. The lowest BCUT2D eigenvalue weighted by atomic mass is 10.1. The first-order chi connectivity index (χ1) is 8.79. The predicted molar refractivity (Wildman–Crippen MR) is 77.8 cm³/mol. The summed E-state index contributed by atoms with van der Waals surface area (Å²) in [7, 11) is 0. The van der Waals surface area contributed by atoms with E-state index in [1.165, 1.54) is 0 Å². The first-order valence-corrected chi connectivity index (χ1v) is 6.78. The van der Waals surface area contributed by atoms with Gasteiger partial charge in [0.2, 0.25) is 5.91 Å². The van der Waals surface area contributed by atoms with Crippen molar-refractivity contribution in [3.8, 4) is 0 Å². The molecule has 2 nitrogen and oxygen atoms in total. The van der Waals surface area contributed by atoms with Crippen LogP contribution in [0, 0.1) is 0 Å². The maximum absolute atomic E-state index is 11.8. The summed E-state index contributed by atoms with van der Waals surface area (Å²) in [6.07, 6.45) is 4.30. The van der Waals surface area contributed by atoms with Gasteiger partial charge in [0.05, 0.1) is 0 Å². The van der Waals surface area contributed by atoms with Gasteiger partial charge in [-0.3, -0.25) is 4.79 Å². The van der Waals surface area contributed by atoms with Crippen LogP contribution in [0.15, 0.2) is 47.9 Å². The van der Waals surface area contributed by atoms with Gasteiger partial charge in [0.15, 0.2) is 0 Å². The van der Waals surface area contributed by atoms with Gasteiger partial charge < -0.3 is 5.32 Å². The molecule has 3 heteroatoms. The van der Waals surface area contributed by atoms with Gasteiger partial charge in [-0.2, -0.15) is 0 Å². The Morgan fingerprint density at radius 1 is 1.28 bits per heavy atom. The third-order valence-corrected chi connectivity index (χ3v) is 3.44. The number of nitrogens with one attached hydrogen (secondary N) is 1. The van der Waals surface area contributed by atoms with E-state index in [0.29, 0.717) is 0 Å². The van der Waals surface area contributed by atoms with Crippen LogP contribution in [0.2, 0.25) is 0 Å². The second kappa shape index (κ2) is 6.17. The molecule has 18 heavy (non-hydrogen) atoms. The highest BCUT2D eigenvalue weighted by Crippen LogP contribution is 2.16. The van der Waals surface area contributed by atoms with Crippen LogP contribution >= 0.6 is 11.3 Å². The molecule has 0 radical (unpaired) electrons. The molecule has 0 unspecified atom stereocenters. The largest absolute Gasteiger partial charge is 0.322 e. The summed E-state index contributed by atoms with van der Waals surface area (Å²) in [6.45, 7) is 2.08. The van der Waals surface area contributed by atoms with Crippen molar-refractivity contribution < 1.29 is 4.79 Å². The minimum Gasteiger partial charge on any atom is -0.322 e. The lowest BCUT2D eigenvalue weighted by molar-refractivity contribution is -0.111. The highest BCUT2D eigenvalue weighted by atomic mass is 32.1. The molecule has 0 aliphatic carbocycles. The van der Waals surface area contributed by atoms with E-state index in [9.17, 15) is 4.79 Å². The van der Waals surface area contributed by atoms with Gasteiger partial charge in [-0.15, -0.1) is 11.3 Å². The minimum atomic E-state index is -0.0932. The smallest absolute Gasteiger partial charge is 0.248 e. The van der Waals surface area contributed by atoms with Gasteiger partial charge in [-0.1, -0.05) is 31.2 Å². The number of anilines is 1.